The van der Waals surface area contributed by atoms with Crippen LogP contribution in [0.3, 0.4) is 0 Å². The summed E-state index contributed by atoms with van der Waals surface area (Å²) in [4.78, 5) is 11.1. The first-order valence-corrected chi connectivity index (χ1v) is 6.16. The monoisotopic (exact) mass is 309 g/mol. The van der Waals surface area contributed by atoms with Gasteiger partial charge < -0.3 is 14.8 Å². The van der Waals surface area contributed by atoms with Crippen molar-refractivity contribution in [2.24, 2.45) is 0 Å². The molecule has 1 saturated heterocycles. The highest BCUT2D eigenvalue weighted by Crippen LogP contribution is 2.38. The van der Waals surface area contributed by atoms with Gasteiger partial charge in [0.15, 0.2) is 18.2 Å². The Morgan fingerprint density at radius 1 is 1.55 bits per heavy atom. The normalized spacial score (nSPS) is 21.1. The highest BCUT2D eigenvalue weighted by molar-refractivity contribution is 6.32. The quantitative estimate of drug-likeness (QED) is 0.932. The summed E-state index contributed by atoms with van der Waals surface area (Å²) in [7, 11) is 0. The van der Waals surface area contributed by atoms with Gasteiger partial charge in [0.1, 0.15) is 6.04 Å². The summed E-state index contributed by atoms with van der Waals surface area (Å²) in [5.74, 6) is -4.44. The molecule has 1 aliphatic rings. The Morgan fingerprint density at radius 3 is 2.85 bits per heavy atom. The lowest BCUT2D eigenvalue weighted by atomic mass is 10.00. The number of cyclic esters (lactones) is 1. The smallest absolute Gasteiger partial charge is 0.408 e. The molecule has 0 radical (unpaired) electrons. The molecule has 1 fully saturated rings. The maximum atomic E-state index is 13.8. The zero-order valence-electron chi connectivity index (χ0n) is 10.4. The fourth-order valence-corrected chi connectivity index (χ4v) is 2.14. The summed E-state index contributed by atoms with van der Waals surface area (Å²) < 4.78 is 50.4. The summed E-state index contributed by atoms with van der Waals surface area (Å²) in [6, 6.07) is 0.298. The van der Waals surface area contributed by atoms with Gasteiger partial charge in [-0.2, -0.15) is 0 Å². The lowest BCUT2D eigenvalue weighted by Gasteiger charge is -2.32. The molecule has 0 unspecified atom stereocenters. The van der Waals surface area contributed by atoms with Crippen LogP contribution in [0.15, 0.2) is 12.1 Å². The molecule has 4 nitrogen and oxygen atoms in total. The first kappa shape index (κ1) is 14.8. The number of halogens is 4. The average molecular weight is 310 g/mol. The van der Waals surface area contributed by atoms with Gasteiger partial charge in [-0.15, -0.1) is 0 Å². The van der Waals surface area contributed by atoms with Gasteiger partial charge in [-0.05, 0) is 24.6 Å². The molecular formula is C12H11ClF3NO3. The number of carbonyl (C=O) groups is 1. The van der Waals surface area contributed by atoms with Crippen LogP contribution in [0.5, 0.6) is 5.75 Å². The Labute approximate surface area is 117 Å². The fourth-order valence-electron chi connectivity index (χ4n) is 1.87. The lowest BCUT2D eigenvalue weighted by molar-refractivity contribution is -0.104. The second-order valence-corrected chi connectivity index (χ2v) is 4.57. The molecule has 0 aliphatic carbocycles. The third-order valence-corrected chi connectivity index (χ3v) is 3.00. The van der Waals surface area contributed by atoms with Crippen LogP contribution >= 0.6 is 11.6 Å². The molecule has 0 spiro atoms. The van der Waals surface area contributed by atoms with Crippen molar-refractivity contribution in [3.8, 4) is 5.75 Å². The van der Waals surface area contributed by atoms with Gasteiger partial charge in [-0.3, -0.25) is 0 Å². The number of benzene rings is 1. The van der Waals surface area contributed by atoms with Crippen molar-refractivity contribution in [3.05, 3.63) is 28.5 Å². The number of alkyl halides is 2. The van der Waals surface area contributed by atoms with E-state index in [1.807, 2.05) is 5.32 Å². The molecule has 1 N–H and O–H groups in total. The topological polar surface area (TPSA) is 47.6 Å². The first-order chi connectivity index (χ1) is 9.35. The number of rotatable bonds is 3. The molecule has 110 valence electrons. The van der Waals surface area contributed by atoms with E-state index in [4.69, 9.17) is 16.3 Å². The van der Waals surface area contributed by atoms with E-state index in [9.17, 15) is 18.0 Å². The van der Waals surface area contributed by atoms with Gasteiger partial charge in [-0.25, -0.2) is 18.0 Å². The number of carbonyl (C=O) groups excluding carboxylic acids is 1. The zero-order chi connectivity index (χ0) is 14.9. The van der Waals surface area contributed by atoms with Crippen LogP contribution in [0.2, 0.25) is 5.02 Å². The number of hydrogen-bond donors (Lipinski definition) is 1. The van der Waals surface area contributed by atoms with Crippen molar-refractivity contribution < 1.29 is 27.4 Å². The van der Waals surface area contributed by atoms with E-state index in [1.165, 1.54) is 0 Å². The molecule has 1 aliphatic heterocycles. The molecule has 0 bridgehead atoms. The summed E-state index contributed by atoms with van der Waals surface area (Å²) in [5.41, 5.74) is -0.155. The van der Waals surface area contributed by atoms with Crippen molar-refractivity contribution >= 4 is 17.7 Å². The molecule has 1 heterocycles. The van der Waals surface area contributed by atoms with Crippen LogP contribution in [-0.2, 0) is 4.74 Å². The minimum atomic E-state index is -3.36. The molecule has 8 heteroatoms. The minimum absolute atomic E-state index is 0.140. The molecule has 1 aromatic carbocycles. The average Bonchev–Trinajstić information content (AvgIpc) is 2.36. The van der Waals surface area contributed by atoms with Gasteiger partial charge in [0, 0.05) is 0 Å². The molecule has 0 aromatic heterocycles. The summed E-state index contributed by atoms with van der Waals surface area (Å²) in [6.45, 7) is 0.743. The van der Waals surface area contributed by atoms with Crippen molar-refractivity contribution in [2.45, 2.75) is 18.9 Å². The largest absolute Gasteiger partial charge is 0.489 e. The highest BCUT2D eigenvalue weighted by Gasteiger charge is 2.47. The van der Waals surface area contributed by atoms with Crippen LogP contribution in [-0.4, -0.2) is 25.2 Å². The highest BCUT2D eigenvalue weighted by atomic mass is 35.5. The standard InChI is InChI=1S/C12H11ClF3NO3/c1-2-19-9-7(13)3-6(4-8(9)14)10-12(15,16)5-20-11(18)17-10/h3-4,10H,2,5H2,1H3,(H,17,18)/t10-/m0/s1. The third kappa shape index (κ3) is 2.77. The molecule has 1 aromatic rings. The number of alkyl carbamates (subject to hydrolysis) is 1. The van der Waals surface area contributed by atoms with E-state index < -0.39 is 30.5 Å². The Hall–Kier alpha value is -1.63. The van der Waals surface area contributed by atoms with Gasteiger partial charge >= 0.3 is 12.0 Å². The van der Waals surface area contributed by atoms with Crippen LogP contribution in [0, 0.1) is 5.82 Å². The summed E-state index contributed by atoms with van der Waals surface area (Å²) in [6.07, 6.45) is -0.994. The van der Waals surface area contributed by atoms with E-state index in [0.29, 0.717) is 0 Å². The molecule has 1 atom stereocenters. The van der Waals surface area contributed by atoms with Crippen LogP contribution in [0.1, 0.15) is 18.5 Å². The number of ether oxygens (including phenoxy) is 2. The number of hydrogen-bond acceptors (Lipinski definition) is 3. The van der Waals surface area contributed by atoms with Gasteiger partial charge in [-0.1, -0.05) is 11.6 Å². The maximum Gasteiger partial charge on any atom is 0.408 e. The molecule has 2 rings (SSSR count). The molecule has 0 saturated carbocycles. The number of nitrogens with one attached hydrogen (secondary N) is 1. The third-order valence-electron chi connectivity index (χ3n) is 2.72. The predicted octanol–water partition coefficient (Wildman–Crippen LogP) is 3.29. The minimum Gasteiger partial charge on any atom is -0.489 e. The number of amides is 1. The summed E-state index contributed by atoms with van der Waals surface area (Å²) in [5, 5.41) is 1.81. The van der Waals surface area contributed by atoms with Crippen LogP contribution in [0.4, 0.5) is 18.0 Å². The second-order valence-electron chi connectivity index (χ2n) is 4.16. The van der Waals surface area contributed by atoms with Crippen LogP contribution in [0.25, 0.3) is 0 Å². The first-order valence-electron chi connectivity index (χ1n) is 5.78. The van der Waals surface area contributed by atoms with E-state index in [-0.39, 0.29) is 22.9 Å². The van der Waals surface area contributed by atoms with Gasteiger partial charge in [0.2, 0.25) is 0 Å². The maximum absolute atomic E-state index is 13.8. The second kappa shape index (κ2) is 5.40. The SMILES string of the molecule is CCOc1c(F)cc([C@@H]2NC(=O)OCC2(F)F)cc1Cl. The molecule has 1 amide bonds. The zero-order valence-corrected chi connectivity index (χ0v) is 11.1. The Bertz CT molecular complexity index is 516. The van der Waals surface area contributed by atoms with Crippen molar-refractivity contribution in [2.75, 3.05) is 13.2 Å². The van der Waals surface area contributed by atoms with E-state index in [1.54, 1.807) is 6.92 Å². The summed E-state index contributed by atoms with van der Waals surface area (Å²) >= 11 is 5.81. The van der Waals surface area contributed by atoms with Crippen molar-refractivity contribution in [1.29, 1.82) is 0 Å². The predicted molar refractivity (Wildman–Crippen MR) is 64.8 cm³/mol. The molecular weight excluding hydrogens is 299 g/mol. The van der Waals surface area contributed by atoms with E-state index in [0.717, 1.165) is 12.1 Å². The Morgan fingerprint density at radius 2 is 2.25 bits per heavy atom. The van der Waals surface area contributed by atoms with Gasteiger partial charge in [0.05, 0.1) is 11.6 Å². The lowest BCUT2D eigenvalue weighted by Crippen LogP contribution is -2.49. The Kier molecular flexibility index (Phi) is 3.99. The van der Waals surface area contributed by atoms with E-state index in [2.05, 4.69) is 4.74 Å². The van der Waals surface area contributed by atoms with Crippen molar-refractivity contribution in [3.63, 3.8) is 0 Å². The Balaban J connectivity index is 2.39. The molecule has 20 heavy (non-hydrogen) atoms. The van der Waals surface area contributed by atoms with Crippen molar-refractivity contribution in [1.82, 2.24) is 5.32 Å². The van der Waals surface area contributed by atoms with Crippen LogP contribution < -0.4 is 10.1 Å². The van der Waals surface area contributed by atoms with E-state index >= 15 is 0 Å². The van der Waals surface area contributed by atoms with Gasteiger partial charge in [0.25, 0.3) is 0 Å². The fraction of sp³-hybridized carbons (Fsp3) is 0.417.